The van der Waals surface area contributed by atoms with E-state index >= 15 is 0 Å². The lowest BCUT2D eigenvalue weighted by atomic mass is 10.0. The van der Waals surface area contributed by atoms with E-state index in [1.54, 1.807) is 43.5 Å². The first-order valence-corrected chi connectivity index (χ1v) is 9.26. The molecule has 0 spiro atoms. The Morgan fingerprint density at radius 3 is 2.71 bits per heavy atom. The fourth-order valence-electron chi connectivity index (χ4n) is 3.27. The van der Waals surface area contributed by atoms with Crippen molar-refractivity contribution in [1.82, 2.24) is 9.88 Å². The third-order valence-corrected chi connectivity index (χ3v) is 4.82. The lowest BCUT2D eigenvalue weighted by Crippen LogP contribution is -2.51. The molecule has 150 valence electrons. The predicted molar refractivity (Wildman–Crippen MR) is 104 cm³/mol. The Hall–Kier alpha value is -2.80. The summed E-state index contributed by atoms with van der Waals surface area (Å²) in [5, 5.41) is 10.4. The van der Waals surface area contributed by atoms with Crippen LogP contribution in [0.1, 0.15) is 17.7 Å². The van der Waals surface area contributed by atoms with E-state index in [-0.39, 0.29) is 12.3 Å². The van der Waals surface area contributed by atoms with Gasteiger partial charge in [0.15, 0.2) is 11.5 Å². The number of methoxy groups -OCH3 is 2. The number of aliphatic hydroxyl groups is 1. The molecule has 0 aliphatic carbocycles. The van der Waals surface area contributed by atoms with E-state index in [9.17, 15) is 9.90 Å². The lowest BCUT2D eigenvalue weighted by molar-refractivity contribution is -0.136. The number of piperidine rings is 1. The molecule has 1 saturated heterocycles. The van der Waals surface area contributed by atoms with E-state index in [4.69, 9.17) is 14.2 Å². The molecule has 7 heteroatoms. The molecule has 7 nitrogen and oxygen atoms in total. The van der Waals surface area contributed by atoms with Gasteiger partial charge in [0.2, 0.25) is 5.91 Å². The summed E-state index contributed by atoms with van der Waals surface area (Å²) in [4.78, 5) is 18.7. The molecule has 0 saturated carbocycles. The summed E-state index contributed by atoms with van der Waals surface area (Å²) in [6, 6.07) is 9.02. The van der Waals surface area contributed by atoms with Crippen LogP contribution in [-0.4, -0.2) is 60.4 Å². The molecule has 1 aromatic heterocycles. The lowest BCUT2D eigenvalue weighted by Gasteiger charge is -2.36. The van der Waals surface area contributed by atoms with Crippen LogP contribution >= 0.6 is 0 Å². The fraction of sp³-hybridized carbons (Fsp3) is 0.429. The molecular formula is C21H26N2O5. The van der Waals surface area contributed by atoms with Crippen molar-refractivity contribution in [3.63, 3.8) is 0 Å². The van der Waals surface area contributed by atoms with Crippen LogP contribution in [0.5, 0.6) is 17.2 Å². The molecule has 2 atom stereocenters. The Bertz CT molecular complexity index is 826. The van der Waals surface area contributed by atoms with Crippen LogP contribution in [0.15, 0.2) is 36.5 Å². The van der Waals surface area contributed by atoms with Gasteiger partial charge in [-0.25, -0.2) is 0 Å². The molecule has 1 N–H and O–H groups in total. The molecule has 2 aromatic rings. The second-order valence-electron chi connectivity index (χ2n) is 6.87. The standard InChI is InChI=1S/C21H26N2O5/c1-14-6-8-22-15(10-14)11-21(25)23-9-7-17(24)20(13-23)28-16-4-5-18(26-2)19(12-16)27-3/h4-6,8,10,12,17,20,24H,7,9,11,13H2,1-3H3/t17-,20-/m1/s1. The number of likely N-dealkylation sites (tertiary alicyclic amines) is 1. The highest BCUT2D eigenvalue weighted by molar-refractivity contribution is 5.78. The van der Waals surface area contributed by atoms with E-state index in [0.717, 1.165) is 11.3 Å². The zero-order valence-electron chi connectivity index (χ0n) is 16.4. The van der Waals surface area contributed by atoms with Gasteiger partial charge in [0.25, 0.3) is 0 Å². The monoisotopic (exact) mass is 386 g/mol. The van der Waals surface area contributed by atoms with Crippen molar-refractivity contribution in [2.75, 3.05) is 27.3 Å². The van der Waals surface area contributed by atoms with Crippen LogP contribution in [0, 0.1) is 6.92 Å². The molecule has 1 aromatic carbocycles. The number of carbonyl (C=O) groups excluding carboxylic acids is 1. The molecular weight excluding hydrogens is 360 g/mol. The van der Waals surface area contributed by atoms with Gasteiger partial charge in [0, 0.05) is 24.5 Å². The number of hydrogen-bond donors (Lipinski definition) is 1. The second kappa shape index (κ2) is 8.93. The minimum Gasteiger partial charge on any atom is -0.493 e. The first kappa shape index (κ1) is 19.9. The largest absolute Gasteiger partial charge is 0.493 e. The number of benzene rings is 1. The summed E-state index contributed by atoms with van der Waals surface area (Å²) in [5.74, 6) is 1.67. The molecule has 1 fully saturated rings. The number of hydrogen-bond acceptors (Lipinski definition) is 6. The summed E-state index contributed by atoms with van der Waals surface area (Å²) >= 11 is 0. The number of amides is 1. The fourth-order valence-corrected chi connectivity index (χ4v) is 3.27. The topological polar surface area (TPSA) is 81.1 Å². The van der Waals surface area contributed by atoms with Gasteiger partial charge in [0.1, 0.15) is 11.9 Å². The van der Waals surface area contributed by atoms with Gasteiger partial charge in [-0.15, -0.1) is 0 Å². The van der Waals surface area contributed by atoms with E-state index < -0.39 is 12.2 Å². The van der Waals surface area contributed by atoms with Crippen LogP contribution in [0.25, 0.3) is 0 Å². The van der Waals surface area contributed by atoms with Crippen molar-refractivity contribution < 1.29 is 24.1 Å². The Balaban J connectivity index is 1.66. The van der Waals surface area contributed by atoms with E-state index in [2.05, 4.69) is 4.98 Å². The zero-order valence-corrected chi connectivity index (χ0v) is 16.4. The smallest absolute Gasteiger partial charge is 0.228 e. The number of rotatable bonds is 6. The minimum absolute atomic E-state index is 0.0223. The van der Waals surface area contributed by atoms with Crippen LogP contribution in [-0.2, 0) is 11.2 Å². The first-order valence-electron chi connectivity index (χ1n) is 9.26. The summed E-state index contributed by atoms with van der Waals surface area (Å²) in [6.45, 7) is 2.79. The minimum atomic E-state index is -0.644. The Labute approximate surface area is 164 Å². The third-order valence-electron chi connectivity index (χ3n) is 4.82. The summed E-state index contributed by atoms with van der Waals surface area (Å²) < 4.78 is 16.5. The van der Waals surface area contributed by atoms with Crippen molar-refractivity contribution >= 4 is 5.91 Å². The second-order valence-corrected chi connectivity index (χ2v) is 6.87. The van der Waals surface area contributed by atoms with E-state index in [0.29, 0.717) is 36.8 Å². The molecule has 0 radical (unpaired) electrons. The molecule has 2 heterocycles. The van der Waals surface area contributed by atoms with E-state index in [1.807, 2.05) is 19.1 Å². The number of pyridine rings is 1. The molecule has 1 amide bonds. The Kier molecular flexibility index (Phi) is 6.36. The van der Waals surface area contributed by atoms with Crippen LogP contribution in [0.2, 0.25) is 0 Å². The average molecular weight is 386 g/mol. The van der Waals surface area contributed by atoms with Crippen LogP contribution < -0.4 is 14.2 Å². The van der Waals surface area contributed by atoms with Gasteiger partial charge in [0.05, 0.1) is 33.3 Å². The number of carbonyl (C=O) groups is 1. The van der Waals surface area contributed by atoms with Gasteiger partial charge in [-0.1, -0.05) is 0 Å². The molecule has 28 heavy (non-hydrogen) atoms. The predicted octanol–water partition coefficient (Wildman–Crippen LogP) is 1.99. The highest BCUT2D eigenvalue weighted by atomic mass is 16.5. The molecule has 3 rings (SSSR count). The van der Waals surface area contributed by atoms with Crippen molar-refractivity contribution in [3.8, 4) is 17.2 Å². The number of aryl methyl sites for hydroxylation is 1. The van der Waals surface area contributed by atoms with Crippen molar-refractivity contribution in [3.05, 3.63) is 47.8 Å². The summed E-state index contributed by atoms with van der Waals surface area (Å²) in [5.41, 5.74) is 1.81. The highest BCUT2D eigenvalue weighted by Crippen LogP contribution is 2.32. The van der Waals surface area contributed by atoms with Crippen LogP contribution in [0.3, 0.4) is 0 Å². The van der Waals surface area contributed by atoms with Gasteiger partial charge in [-0.3, -0.25) is 9.78 Å². The average Bonchev–Trinajstić information content (AvgIpc) is 2.69. The molecule has 1 aliphatic heterocycles. The van der Waals surface area contributed by atoms with Crippen molar-refractivity contribution in [1.29, 1.82) is 0 Å². The quantitative estimate of drug-likeness (QED) is 0.818. The molecule has 0 bridgehead atoms. The maximum Gasteiger partial charge on any atom is 0.228 e. The number of nitrogens with zero attached hydrogens (tertiary/aromatic N) is 2. The number of aromatic nitrogens is 1. The molecule has 0 unspecified atom stereocenters. The van der Waals surface area contributed by atoms with E-state index in [1.165, 1.54) is 0 Å². The van der Waals surface area contributed by atoms with Crippen molar-refractivity contribution in [2.45, 2.75) is 32.0 Å². The number of ether oxygens (including phenoxy) is 3. The van der Waals surface area contributed by atoms with Gasteiger partial charge in [-0.05, 0) is 43.2 Å². The Morgan fingerprint density at radius 2 is 2.00 bits per heavy atom. The molecule has 1 aliphatic rings. The van der Waals surface area contributed by atoms with Gasteiger partial charge >= 0.3 is 0 Å². The van der Waals surface area contributed by atoms with Crippen LogP contribution in [0.4, 0.5) is 0 Å². The maximum absolute atomic E-state index is 12.7. The first-order chi connectivity index (χ1) is 13.5. The van der Waals surface area contributed by atoms with Crippen molar-refractivity contribution in [2.24, 2.45) is 0 Å². The summed E-state index contributed by atoms with van der Waals surface area (Å²) in [7, 11) is 3.12. The number of aliphatic hydroxyl groups excluding tert-OH is 1. The maximum atomic E-state index is 12.7. The Morgan fingerprint density at radius 1 is 1.21 bits per heavy atom. The summed E-state index contributed by atoms with van der Waals surface area (Å²) in [6.07, 6.45) is 1.25. The van der Waals surface area contributed by atoms with Gasteiger partial charge in [-0.2, -0.15) is 0 Å². The third kappa shape index (κ3) is 4.72. The van der Waals surface area contributed by atoms with Gasteiger partial charge < -0.3 is 24.2 Å². The normalized spacial score (nSPS) is 19.2. The highest BCUT2D eigenvalue weighted by Gasteiger charge is 2.32. The zero-order chi connectivity index (χ0) is 20.1. The SMILES string of the molecule is COc1ccc(O[C@@H]2CN(C(=O)Cc3cc(C)ccn3)CC[C@H]2O)cc1OC.